The summed E-state index contributed by atoms with van der Waals surface area (Å²) in [5.74, 6) is -0.242. The molecule has 1 fully saturated rings. The molecule has 1 atom stereocenters. The van der Waals surface area contributed by atoms with E-state index < -0.39 is 6.10 Å². The number of carbonyl (C=O) groups is 1. The number of carbonyl (C=O) groups excluding carboxylic acids is 1. The first-order chi connectivity index (χ1) is 8.25. The number of ether oxygens (including phenoxy) is 1. The molecule has 0 radical (unpaired) electrons. The van der Waals surface area contributed by atoms with Crippen LogP contribution < -0.4 is 5.32 Å². The summed E-state index contributed by atoms with van der Waals surface area (Å²) in [7, 11) is 0. The van der Waals surface area contributed by atoms with Gasteiger partial charge in [0, 0.05) is 17.1 Å². The lowest BCUT2D eigenvalue weighted by Gasteiger charge is -2.09. The molecule has 0 spiro atoms. The smallest absolute Gasteiger partial charge is 0.273 e. The second kappa shape index (κ2) is 3.78. The number of aromatic nitrogens is 1. The van der Waals surface area contributed by atoms with Gasteiger partial charge in [-0.3, -0.25) is 15.1 Å². The van der Waals surface area contributed by atoms with Gasteiger partial charge in [-0.25, -0.2) is 0 Å². The first-order valence-electron chi connectivity index (χ1n) is 5.11. The standard InChI is InChI=1S/C12H8N2O2S/c15-11-10(16-12(17)14-11)8-5-1-3-7-4-2-6-13-9(7)8/h1-6,10H,(H,14,15,17). The summed E-state index contributed by atoms with van der Waals surface area (Å²) in [6, 6.07) is 9.44. The van der Waals surface area contributed by atoms with Gasteiger partial charge in [-0.05, 0) is 18.3 Å². The van der Waals surface area contributed by atoms with Gasteiger partial charge in [0.05, 0.1) is 5.52 Å². The Morgan fingerprint density at radius 1 is 1.29 bits per heavy atom. The first kappa shape index (κ1) is 10.2. The maximum Gasteiger partial charge on any atom is 0.273 e. The molecule has 1 N–H and O–H groups in total. The van der Waals surface area contributed by atoms with E-state index in [2.05, 4.69) is 10.3 Å². The highest BCUT2D eigenvalue weighted by Gasteiger charge is 2.32. The van der Waals surface area contributed by atoms with E-state index >= 15 is 0 Å². The van der Waals surface area contributed by atoms with Crippen molar-refractivity contribution in [2.24, 2.45) is 0 Å². The second-order valence-electron chi connectivity index (χ2n) is 3.70. The predicted octanol–water partition coefficient (Wildman–Crippen LogP) is 1.71. The lowest BCUT2D eigenvalue weighted by Crippen LogP contribution is -2.20. The van der Waals surface area contributed by atoms with Crippen molar-refractivity contribution in [2.75, 3.05) is 0 Å². The Balaban J connectivity index is 2.17. The number of para-hydroxylation sites is 1. The third-order valence-electron chi connectivity index (χ3n) is 2.63. The van der Waals surface area contributed by atoms with Crippen LogP contribution in [-0.2, 0) is 9.53 Å². The van der Waals surface area contributed by atoms with Gasteiger partial charge in [0.1, 0.15) is 0 Å². The minimum atomic E-state index is -0.693. The Bertz CT molecular complexity index is 621. The molecule has 0 bridgehead atoms. The van der Waals surface area contributed by atoms with Crippen LogP contribution in [0.25, 0.3) is 10.9 Å². The number of hydrogen-bond acceptors (Lipinski definition) is 4. The van der Waals surface area contributed by atoms with Crippen molar-refractivity contribution in [3.05, 3.63) is 42.1 Å². The Kier molecular flexibility index (Phi) is 2.26. The normalized spacial score (nSPS) is 19.2. The maximum atomic E-state index is 11.7. The summed E-state index contributed by atoms with van der Waals surface area (Å²) in [6.45, 7) is 0. The zero-order chi connectivity index (χ0) is 11.8. The largest absolute Gasteiger partial charge is 0.452 e. The van der Waals surface area contributed by atoms with Crippen molar-refractivity contribution in [3.63, 3.8) is 0 Å². The van der Waals surface area contributed by atoms with Gasteiger partial charge < -0.3 is 4.74 Å². The summed E-state index contributed by atoms with van der Waals surface area (Å²) in [4.78, 5) is 16.0. The van der Waals surface area contributed by atoms with Crippen LogP contribution in [0, 0.1) is 0 Å². The quantitative estimate of drug-likeness (QED) is 0.776. The summed E-state index contributed by atoms with van der Waals surface area (Å²) in [5, 5.41) is 3.56. The molecule has 2 heterocycles. The van der Waals surface area contributed by atoms with Crippen molar-refractivity contribution in [1.29, 1.82) is 0 Å². The number of fused-ring (bicyclic) bond motifs is 1. The molecule has 1 aliphatic heterocycles. The van der Waals surface area contributed by atoms with Crippen molar-refractivity contribution in [1.82, 2.24) is 10.3 Å². The van der Waals surface area contributed by atoms with Crippen molar-refractivity contribution >= 4 is 34.2 Å². The van der Waals surface area contributed by atoms with Gasteiger partial charge in [0.15, 0.2) is 0 Å². The molecule has 1 aliphatic rings. The molecule has 84 valence electrons. The van der Waals surface area contributed by atoms with Gasteiger partial charge in [-0.1, -0.05) is 24.3 Å². The van der Waals surface area contributed by atoms with Crippen LogP contribution in [0.1, 0.15) is 11.7 Å². The van der Waals surface area contributed by atoms with Gasteiger partial charge in [0.2, 0.25) is 6.10 Å². The van der Waals surface area contributed by atoms with E-state index in [4.69, 9.17) is 17.0 Å². The lowest BCUT2D eigenvalue weighted by atomic mass is 10.0. The zero-order valence-corrected chi connectivity index (χ0v) is 9.53. The summed E-state index contributed by atoms with van der Waals surface area (Å²) in [5.41, 5.74) is 1.50. The molecule has 1 saturated heterocycles. The second-order valence-corrected chi connectivity index (χ2v) is 4.07. The maximum absolute atomic E-state index is 11.7. The first-order valence-corrected chi connectivity index (χ1v) is 5.51. The number of hydrogen-bond donors (Lipinski definition) is 1. The van der Waals surface area contributed by atoms with Crippen LogP contribution in [0.2, 0.25) is 0 Å². The average Bonchev–Trinajstić information content (AvgIpc) is 2.68. The highest BCUT2D eigenvalue weighted by atomic mass is 32.1. The van der Waals surface area contributed by atoms with Gasteiger partial charge in [-0.15, -0.1) is 0 Å². The number of amides is 1. The van der Waals surface area contributed by atoms with E-state index in [-0.39, 0.29) is 11.1 Å². The topological polar surface area (TPSA) is 51.2 Å². The number of thiocarbonyl (C=S) groups is 1. The number of benzene rings is 1. The Morgan fingerprint density at radius 2 is 2.12 bits per heavy atom. The van der Waals surface area contributed by atoms with Gasteiger partial charge in [0.25, 0.3) is 11.1 Å². The van der Waals surface area contributed by atoms with E-state index in [1.54, 1.807) is 6.20 Å². The van der Waals surface area contributed by atoms with Crippen LogP contribution in [0.15, 0.2) is 36.5 Å². The fraction of sp³-hybridized carbons (Fsp3) is 0.0833. The predicted molar refractivity (Wildman–Crippen MR) is 66.3 cm³/mol. The highest BCUT2D eigenvalue weighted by molar-refractivity contribution is 7.80. The minimum absolute atomic E-state index is 0.118. The number of rotatable bonds is 1. The Hall–Kier alpha value is -2.01. The number of nitrogens with one attached hydrogen (secondary N) is 1. The molecule has 0 aliphatic carbocycles. The van der Waals surface area contributed by atoms with Crippen LogP contribution >= 0.6 is 12.2 Å². The fourth-order valence-electron chi connectivity index (χ4n) is 1.90. The third kappa shape index (κ3) is 1.64. The average molecular weight is 244 g/mol. The zero-order valence-electron chi connectivity index (χ0n) is 8.71. The molecule has 0 saturated carbocycles. The van der Waals surface area contributed by atoms with E-state index in [0.717, 1.165) is 16.5 Å². The van der Waals surface area contributed by atoms with Crippen LogP contribution in [0.3, 0.4) is 0 Å². The molecule has 17 heavy (non-hydrogen) atoms. The Morgan fingerprint density at radius 3 is 2.88 bits per heavy atom. The van der Waals surface area contributed by atoms with E-state index in [1.807, 2.05) is 30.3 Å². The molecular formula is C12H8N2O2S. The summed E-state index contributed by atoms with van der Waals surface area (Å²) >= 11 is 4.82. The van der Waals surface area contributed by atoms with Crippen molar-refractivity contribution in [3.8, 4) is 0 Å². The highest BCUT2D eigenvalue weighted by Crippen LogP contribution is 2.27. The molecule has 1 aromatic carbocycles. The number of pyridine rings is 1. The fourth-order valence-corrected chi connectivity index (χ4v) is 2.10. The monoisotopic (exact) mass is 244 g/mol. The summed E-state index contributed by atoms with van der Waals surface area (Å²) in [6.07, 6.45) is 0.998. The van der Waals surface area contributed by atoms with Crippen LogP contribution in [-0.4, -0.2) is 16.1 Å². The van der Waals surface area contributed by atoms with Crippen molar-refractivity contribution in [2.45, 2.75) is 6.10 Å². The molecule has 3 rings (SSSR count). The lowest BCUT2D eigenvalue weighted by molar-refractivity contribution is -0.123. The number of nitrogens with zero attached hydrogens (tertiary/aromatic N) is 1. The third-order valence-corrected chi connectivity index (χ3v) is 2.83. The molecule has 2 aromatic rings. The molecule has 1 aromatic heterocycles. The van der Waals surface area contributed by atoms with E-state index in [0.29, 0.717) is 0 Å². The molecule has 4 nitrogen and oxygen atoms in total. The van der Waals surface area contributed by atoms with Gasteiger partial charge >= 0.3 is 0 Å². The SMILES string of the molecule is O=C1NC(=S)OC1c1cccc2cccnc12. The minimum Gasteiger partial charge on any atom is -0.452 e. The molecule has 1 amide bonds. The Labute approximate surface area is 103 Å². The van der Waals surface area contributed by atoms with Crippen molar-refractivity contribution < 1.29 is 9.53 Å². The molecular weight excluding hydrogens is 236 g/mol. The van der Waals surface area contributed by atoms with Crippen LogP contribution in [0.5, 0.6) is 0 Å². The van der Waals surface area contributed by atoms with Gasteiger partial charge in [-0.2, -0.15) is 0 Å². The van der Waals surface area contributed by atoms with Crippen LogP contribution in [0.4, 0.5) is 0 Å². The molecule has 5 heteroatoms. The van der Waals surface area contributed by atoms with E-state index in [9.17, 15) is 4.79 Å². The summed E-state index contributed by atoms with van der Waals surface area (Å²) < 4.78 is 5.30. The van der Waals surface area contributed by atoms with E-state index in [1.165, 1.54) is 0 Å². The molecule has 1 unspecified atom stereocenters.